The van der Waals surface area contributed by atoms with E-state index in [-0.39, 0.29) is 34.9 Å². The number of aldehydes is 1. The van der Waals surface area contributed by atoms with Gasteiger partial charge in [0, 0.05) is 38.7 Å². The lowest BCUT2D eigenvalue weighted by molar-refractivity contribution is -0.107. The highest BCUT2D eigenvalue weighted by Crippen LogP contribution is 2.07. The second-order valence-electron chi connectivity index (χ2n) is 7.84. The van der Waals surface area contributed by atoms with Crippen molar-refractivity contribution in [3.05, 3.63) is 0 Å². The molecule has 0 saturated carbocycles. The number of nitrogens with two attached hydrogens (primary N) is 1. The molecule has 8 heteroatoms. The summed E-state index contributed by atoms with van der Waals surface area (Å²) < 4.78 is 5.00. The highest BCUT2D eigenvalue weighted by molar-refractivity contribution is 5.68. The fourth-order valence-corrected chi connectivity index (χ4v) is 1.62. The number of aliphatic hydroxyl groups excluding tert-OH is 1. The molecule has 0 aromatic heterocycles. The number of amides is 1. The minimum atomic E-state index is -0.592. The number of carbonyl (C=O) groups is 2. The number of terminal acetylenes is 4. The summed E-state index contributed by atoms with van der Waals surface area (Å²) in [5, 5.41) is 27.4. The van der Waals surface area contributed by atoms with Crippen molar-refractivity contribution >= 4 is 12.4 Å². The number of hydrogen-bond donors (Lipinski definition) is 3. The Labute approximate surface area is 240 Å². The van der Waals surface area contributed by atoms with Gasteiger partial charge in [-0.3, -0.25) is 0 Å². The van der Waals surface area contributed by atoms with Crippen LogP contribution in [0.3, 0.4) is 0 Å². The van der Waals surface area contributed by atoms with Crippen molar-refractivity contribution in [2.24, 2.45) is 5.73 Å². The number of carbonyl (C=O) groups excluding carboxylic acids is 2. The van der Waals surface area contributed by atoms with Crippen LogP contribution in [-0.2, 0) is 9.53 Å². The van der Waals surface area contributed by atoms with E-state index in [2.05, 4.69) is 29.0 Å². The van der Waals surface area contributed by atoms with E-state index in [1.807, 2.05) is 12.1 Å². The van der Waals surface area contributed by atoms with Crippen molar-refractivity contribution in [3.63, 3.8) is 0 Å². The molecule has 2 unspecified atom stereocenters. The van der Waals surface area contributed by atoms with E-state index >= 15 is 0 Å². The predicted octanol–water partition coefficient (Wildman–Crippen LogP) is 5.36. The Morgan fingerprint density at radius 2 is 1.38 bits per heavy atom. The number of aliphatic hydroxyl groups is 1. The molecule has 8 nitrogen and oxygen atoms in total. The lowest BCUT2D eigenvalue weighted by Gasteiger charge is -2.20. The molecule has 0 aliphatic carbocycles. The van der Waals surface area contributed by atoms with Gasteiger partial charge in [-0.25, -0.2) is 4.79 Å². The van der Waals surface area contributed by atoms with Crippen LogP contribution in [0.2, 0.25) is 0 Å². The maximum atomic E-state index is 11.3. The van der Waals surface area contributed by atoms with Crippen molar-refractivity contribution in [1.29, 1.82) is 10.5 Å². The molecule has 0 aromatic rings. The lowest BCUT2D eigenvalue weighted by atomic mass is 10.2. The highest BCUT2D eigenvalue weighted by Gasteiger charge is 2.18. The largest absolute Gasteiger partial charge is 0.444 e. The summed E-state index contributed by atoms with van der Waals surface area (Å²) in [4.78, 5) is 20.9. The summed E-state index contributed by atoms with van der Waals surface area (Å²) in [6, 6.07) is 2.86. The van der Waals surface area contributed by atoms with Crippen LogP contribution in [0.5, 0.6) is 0 Å². The van der Waals surface area contributed by atoms with Gasteiger partial charge >= 0.3 is 6.09 Å². The second-order valence-corrected chi connectivity index (χ2v) is 7.84. The third-order valence-corrected chi connectivity index (χ3v) is 3.31. The molecule has 1 amide bonds. The van der Waals surface area contributed by atoms with Gasteiger partial charge in [0.15, 0.2) is 0 Å². The van der Waals surface area contributed by atoms with Crippen molar-refractivity contribution in [3.8, 4) is 61.5 Å². The van der Waals surface area contributed by atoms with E-state index in [1.165, 1.54) is 0 Å². The number of rotatable bonds is 10. The normalized spacial score (nSPS) is 9.41. The first kappa shape index (κ1) is 51.7. The Hall–Kier alpha value is -3.92. The molecule has 0 fully saturated rings. The summed E-state index contributed by atoms with van der Waals surface area (Å²) in [5.74, 6) is 9.66. The molecule has 39 heavy (non-hydrogen) atoms. The van der Waals surface area contributed by atoms with Crippen LogP contribution in [0.15, 0.2) is 0 Å². The molecule has 0 spiro atoms. The van der Waals surface area contributed by atoms with Crippen LogP contribution in [0.4, 0.5) is 4.79 Å². The van der Waals surface area contributed by atoms with E-state index in [4.69, 9.17) is 51.8 Å². The third kappa shape index (κ3) is 60.5. The molecule has 0 saturated heterocycles. The van der Waals surface area contributed by atoms with Gasteiger partial charge in [0.1, 0.15) is 17.9 Å². The van der Waals surface area contributed by atoms with Gasteiger partial charge in [-0.05, 0) is 46.5 Å². The van der Waals surface area contributed by atoms with Gasteiger partial charge in [-0.2, -0.15) is 10.5 Å². The molecular weight excluding hydrogens is 492 g/mol. The van der Waals surface area contributed by atoms with Crippen LogP contribution in [0, 0.1) is 72.0 Å². The van der Waals surface area contributed by atoms with Crippen LogP contribution in [0.1, 0.15) is 101 Å². The Morgan fingerprint density at radius 1 is 0.923 bits per heavy atom. The van der Waals surface area contributed by atoms with Crippen LogP contribution in [0.25, 0.3) is 0 Å². The van der Waals surface area contributed by atoms with Gasteiger partial charge in [0.05, 0.1) is 18.2 Å². The summed E-state index contributed by atoms with van der Waals surface area (Å²) in [6.07, 6.45) is 25.7. The molecule has 0 aliphatic heterocycles. The van der Waals surface area contributed by atoms with E-state index in [0.717, 1.165) is 25.5 Å². The molecule has 0 bridgehead atoms. The summed E-state index contributed by atoms with van der Waals surface area (Å²) in [6.45, 7) is 5.49. The fraction of sp³-hybridized carbons (Fsp3) is 0.613. The molecule has 0 radical (unpaired) electrons. The first-order valence-corrected chi connectivity index (χ1v) is 11.4. The number of alkyl carbamates (subject to hydrolysis) is 1. The summed E-state index contributed by atoms with van der Waals surface area (Å²) >= 11 is 0. The van der Waals surface area contributed by atoms with E-state index in [1.54, 1.807) is 20.8 Å². The highest BCUT2D eigenvalue weighted by atomic mass is 16.6. The zero-order valence-electron chi connectivity index (χ0n) is 21.8. The molecule has 0 heterocycles. The number of nitrogens with zero attached hydrogens (tertiary/aromatic N) is 2. The smallest absolute Gasteiger partial charge is 0.408 e. The quantitative estimate of drug-likeness (QED) is 0.190. The number of unbranched alkanes of at least 4 members (excludes halogenated alkanes) is 3. The number of nitrogens with one attached hydrogen (secondary N) is 1. The summed E-state index contributed by atoms with van der Waals surface area (Å²) in [7, 11) is 0. The van der Waals surface area contributed by atoms with Crippen LogP contribution in [-0.4, -0.2) is 41.8 Å². The van der Waals surface area contributed by atoms with E-state index in [0.29, 0.717) is 38.5 Å². The Balaban J connectivity index is -0.0000000735. The average Bonchev–Trinajstić information content (AvgIpc) is 2.84. The van der Waals surface area contributed by atoms with E-state index < -0.39 is 17.7 Å². The topological polar surface area (TPSA) is 149 Å². The molecule has 0 aromatic carbocycles. The first-order valence-electron chi connectivity index (χ1n) is 11.4. The minimum absolute atomic E-state index is 0. The Morgan fingerprint density at radius 3 is 1.72 bits per heavy atom. The van der Waals surface area contributed by atoms with Gasteiger partial charge in [-0.15, -0.1) is 49.4 Å². The Bertz CT molecular complexity index is 807. The van der Waals surface area contributed by atoms with Crippen LogP contribution < -0.4 is 11.1 Å². The lowest BCUT2D eigenvalue weighted by Crippen LogP contribution is -2.38. The molecule has 0 rings (SSSR count). The standard InChI is InChI=1S/C11H16N2O2.C6H8N2.C6H8O.C5H8O.3CH4/c1-5-6-7-9(8-12)13-10(14)15-11(2,3)4;1-2-3-4-6(8)5-7;1-2-3-4-5-6-7;1-2-3-4-5-6;;;/h1,9H,6-7H2,2-4H3,(H,13,14);1,6H,3-4,8H2;1,6H,3-5H2;1,6H,3-5H2;3*1H4. The van der Waals surface area contributed by atoms with Crippen molar-refractivity contribution < 1.29 is 19.4 Å². The van der Waals surface area contributed by atoms with Gasteiger partial charge in [0.25, 0.3) is 0 Å². The van der Waals surface area contributed by atoms with Gasteiger partial charge < -0.3 is 25.7 Å². The second kappa shape index (κ2) is 41.2. The van der Waals surface area contributed by atoms with Crippen molar-refractivity contribution in [2.75, 3.05) is 6.61 Å². The molecule has 0 aliphatic rings. The molecule has 2 atom stereocenters. The maximum Gasteiger partial charge on any atom is 0.408 e. The maximum absolute atomic E-state index is 11.3. The number of ether oxygens (including phenoxy) is 1. The fourth-order valence-electron chi connectivity index (χ4n) is 1.62. The zero-order valence-corrected chi connectivity index (χ0v) is 21.8. The third-order valence-electron chi connectivity index (χ3n) is 3.31. The van der Waals surface area contributed by atoms with Crippen molar-refractivity contribution in [1.82, 2.24) is 5.32 Å². The predicted molar refractivity (Wildman–Crippen MR) is 163 cm³/mol. The van der Waals surface area contributed by atoms with Crippen molar-refractivity contribution in [2.45, 2.75) is 119 Å². The monoisotopic (exact) mass is 544 g/mol. The van der Waals surface area contributed by atoms with E-state index in [9.17, 15) is 9.59 Å². The number of nitriles is 2. The minimum Gasteiger partial charge on any atom is -0.444 e. The molecule has 220 valence electrons. The first-order chi connectivity index (χ1) is 17.0. The van der Waals surface area contributed by atoms with Gasteiger partial charge in [0.2, 0.25) is 0 Å². The number of hydrogen-bond acceptors (Lipinski definition) is 7. The van der Waals surface area contributed by atoms with Gasteiger partial charge in [-0.1, -0.05) is 22.3 Å². The molecular formula is C31H52N4O4. The average molecular weight is 545 g/mol. The molecule has 4 N–H and O–H groups in total. The van der Waals surface area contributed by atoms with Crippen LogP contribution >= 0.6 is 0 Å². The Kier molecular flexibility index (Phi) is 54.6. The SMILES string of the molecule is C.C.C.C#CCCC(C#N)NC(=O)OC(C)(C)C.C#CCCC(N)C#N.C#CCCCC=O.C#CCCCO. The zero-order chi connectivity index (χ0) is 28.7. The summed E-state index contributed by atoms with van der Waals surface area (Å²) in [5.41, 5.74) is 4.64.